The van der Waals surface area contributed by atoms with Gasteiger partial charge in [-0.25, -0.2) is 0 Å². The van der Waals surface area contributed by atoms with E-state index in [-0.39, 0.29) is 5.92 Å². The summed E-state index contributed by atoms with van der Waals surface area (Å²) in [6.45, 7) is 9.49. The summed E-state index contributed by atoms with van der Waals surface area (Å²) >= 11 is 0. The van der Waals surface area contributed by atoms with Crippen molar-refractivity contribution in [3.05, 3.63) is 0 Å². The van der Waals surface area contributed by atoms with Gasteiger partial charge in [0.25, 0.3) is 0 Å². The van der Waals surface area contributed by atoms with Crippen LogP contribution in [0.5, 0.6) is 0 Å². The van der Waals surface area contributed by atoms with Crippen LogP contribution >= 0.6 is 0 Å². The zero-order valence-corrected chi connectivity index (χ0v) is 11.5. The Balaban J connectivity index is 3.03. The van der Waals surface area contributed by atoms with Crippen LogP contribution in [0.4, 0.5) is 0 Å². The molecular formula is C13H22O4. The first kappa shape index (κ1) is 14.2. The van der Waals surface area contributed by atoms with Crippen molar-refractivity contribution in [3.63, 3.8) is 0 Å². The molecule has 1 aliphatic rings. The van der Waals surface area contributed by atoms with Crippen LogP contribution in [0, 0.1) is 17.3 Å². The van der Waals surface area contributed by atoms with E-state index in [1.165, 1.54) is 0 Å². The Hall–Kier alpha value is -0.900. The van der Waals surface area contributed by atoms with E-state index in [9.17, 15) is 9.59 Å². The Morgan fingerprint density at radius 1 is 1.41 bits per heavy atom. The second-order valence-corrected chi connectivity index (χ2v) is 5.87. The molecule has 2 unspecified atom stereocenters. The van der Waals surface area contributed by atoms with Gasteiger partial charge in [0, 0.05) is 7.11 Å². The maximum Gasteiger partial charge on any atom is 0.320 e. The van der Waals surface area contributed by atoms with Gasteiger partial charge in [0.2, 0.25) is 0 Å². The van der Waals surface area contributed by atoms with E-state index in [1.54, 1.807) is 14.0 Å². The largest absolute Gasteiger partial charge is 0.392 e. The van der Waals surface area contributed by atoms with Crippen LogP contribution in [0.25, 0.3) is 0 Å². The summed E-state index contributed by atoms with van der Waals surface area (Å²) in [5.74, 6) is -1.20. The Morgan fingerprint density at radius 2 is 1.94 bits per heavy atom. The molecule has 0 aromatic carbocycles. The third-order valence-corrected chi connectivity index (χ3v) is 4.09. The summed E-state index contributed by atoms with van der Waals surface area (Å²) in [4.78, 5) is 23.6. The molecule has 1 aliphatic heterocycles. The van der Waals surface area contributed by atoms with E-state index in [2.05, 4.69) is 0 Å². The van der Waals surface area contributed by atoms with Crippen LogP contribution in [-0.4, -0.2) is 24.6 Å². The molecule has 0 radical (unpaired) electrons. The molecule has 0 N–H and O–H groups in total. The third-order valence-electron chi connectivity index (χ3n) is 4.09. The van der Waals surface area contributed by atoms with Gasteiger partial charge < -0.3 is 9.47 Å². The molecule has 17 heavy (non-hydrogen) atoms. The molecule has 4 nitrogen and oxygen atoms in total. The Morgan fingerprint density at radius 3 is 2.35 bits per heavy atom. The fourth-order valence-corrected chi connectivity index (χ4v) is 2.17. The van der Waals surface area contributed by atoms with Crippen LogP contribution in [0.3, 0.4) is 0 Å². The minimum atomic E-state index is -0.743. The van der Waals surface area contributed by atoms with Crippen molar-refractivity contribution < 1.29 is 19.1 Å². The minimum Gasteiger partial charge on any atom is -0.392 e. The first-order chi connectivity index (χ1) is 7.65. The lowest BCUT2D eigenvalue weighted by molar-refractivity contribution is -0.155. The fraction of sp³-hybridized carbons (Fsp3) is 0.846. The van der Waals surface area contributed by atoms with E-state index >= 15 is 0 Å². The minimum absolute atomic E-state index is 0.0547. The smallest absolute Gasteiger partial charge is 0.320 e. The molecule has 1 fully saturated rings. The average molecular weight is 242 g/mol. The van der Waals surface area contributed by atoms with Crippen molar-refractivity contribution >= 4 is 11.9 Å². The van der Waals surface area contributed by atoms with E-state index < -0.39 is 28.9 Å². The highest BCUT2D eigenvalue weighted by Gasteiger charge is 2.57. The Labute approximate surface area is 103 Å². The zero-order chi connectivity index (χ0) is 13.4. The second kappa shape index (κ2) is 4.41. The molecule has 1 saturated heterocycles. The molecule has 0 aromatic rings. The van der Waals surface area contributed by atoms with Crippen LogP contribution in [-0.2, 0) is 19.1 Å². The molecule has 98 valence electrons. The van der Waals surface area contributed by atoms with Crippen molar-refractivity contribution in [2.75, 3.05) is 7.11 Å². The Bertz CT molecular complexity index is 332. The first-order valence-corrected chi connectivity index (χ1v) is 5.96. The normalized spacial score (nSPS) is 29.9. The fourth-order valence-electron chi connectivity index (χ4n) is 2.17. The molecule has 0 aliphatic carbocycles. The van der Waals surface area contributed by atoms with E-state index in [0.717, 1.165) is 0 Å². The predicted molar refractivity (Wildman–Crippen MR) is 63.2 cm³/mol. The quantitative estimate of drug-likeness (QED) is 0.560. The number of carbonyl (C=O) groups excluding carboxylic acids is 2. The Kier molecular flexibility index (Phi) is 3.67. The molecule has 0 amide bonds. The maximum absolute atomic E-state index is 11.8. The van der Waals surface area contributed by atoms with Crippen LogP contribution < -0.4 is 0 Å². The summed E-state index contributed by atoms with van der Waals surface area (Å²) in [7, 11) is 1.61. The molecule has 0 bridgehead atoms. The lowest BCUT2D eigenvalue weighted by atomic mass is 9.67. The van der Waals surface area contributed by atoms with Crippen molar-refractivity contribution in [2.45, 2.75) is 46.6 Å². The molecular weight excluding hydrogens is 220 g/mol. The number of hydrogen-bond acceptors (Lipinski definition) is 4. The van der Waals surface area contributed by atoms with Gasteiger partial charge in [-0.05, 0) is 33.1 Å². The monoisotopic (exact) mass is 242 g/mol. The number of methoxy groups -OCH3 is 1. The molecule has 0 aromatic heterocycles. The maximum atomic E-state index is 11.8. The van der Waals surface area contributed by atoms with Crippen molar-refractivity contribution in [1.82, 2.24) is 0 Å². The number of rotatable bonds is 4. The van der Waals surface area contributed by atoms with Crippen LogP contribution in [0.1, 0.15) is 41.0 Å². The lowest BCUT2D eigenvalue weighted by Crippen LogP contribution is -2.40. The van der Waals surface area contributed by atoms with Crippen LogP contribution in [0.15, 0.2) is 0 Å². The van der Waals surface area contributed by atoms with E-state index in [0.29, 0.717) is 6.42 Å². The van der Waals surface area contributed by atoms with Gasteiger partial charge in [-0.3, -0.25) is 9.59 Å². The van der Waals surface area contributed by atoms with Gasteiger partial charge in [-0.2, -0.15) is 0 Å². The van der Waals surface area contributed by atoms with Crippen LogP contribution in [0.2, 0.25) is 0 Å². The molecule has 0 spiro atoms. The van der Waals surface area contributed by atoms with Gasteiger partial charge in [0.05, 0.1) is 16.9 Å². The lowest BCUT2D eigenvalue weighted by Gasteiger charge is -2.34. The molecule has 0 saturated carbocycles. The number of ether oxygens (including phenoxy) is 2. The van der Waals surface area contributed by atoms with Gasteiger partial charge in [-0.15, -0.1) is 0 Å². The summed E-state index contributed by atoms with van der Waals surface area (Å²) in [5, 5.41) is 0. The van der Waals surface area contributed by atoms with Gasteiger partial charge in [0.15, 0.2) is 0 Å². The SMILES string of the molecule is COC(C)(C)CC1C(=O)OC(=O)C1(C)C(C)C. The molecule has 2 atom stereocenters. The van der Waals surface area contributed by atoms with Gasteiger partial charge in [0.1, 0.15) is 0 Å². The average Bonchev–Trinajstić information content (AvgIpc) is 2.43. The topological polar surface area (TPSA) is 52.6 Å². The standard InChI is InChI=1S/C13H22O4/c1-8(2)13(5)9(7-12(3,4)16-6)10(14)17-11(13)15/h8-9H,7H2,1-6H3. The van der Waals surface area contributed by atoms with Crippen molar-refractivity contribution in [2.24, 2.45) is 17.3 Å². The summed E-state index contributed by atoms with van der Waals surface area (Å²) in [6.07, 6.45) is 0.489. The first-order valence-electron chi connectivity index (χ1n) is 5.96. The van der Waals surface area contributed by atoms with Gasteiger partial charge in [-0.1, -0.05) is 13.8 Å². The van der Waals surface area contributed by atoms with Crippen molar-refractivity contribution in [3.8, 4) is 0 Å². The highest BCUT2D eigenvalue weighted by atomic mass is 16.6. The highest BCUT2D eigenvalue weighted by Crippen LogP contribution is 2.46. The molecule has 1 rings (SSSR count). The number of hydrogen-bond donors (Lipinski definition) is 0. The summed E-state index contributed by atoms with van der Waals surface area (Å²) < 4.78 is 10.1. The molecule has 4 heteroatoms. The zero-order valence-electron chi connectivity index (χ0n) is 11.5. The number of cyclic esters (lactones) is 2. The van der Waals surface area contributed by atoms with E-state index in [1.807, 2.05) is 27.7 Å². The highest BCUT2D eigenvalue weighted by molar-refractivity contribution is 5.99. The summed E-state index contributed by atoms with van der Waals surface area (Å²) in [5.41, 5.74) is -1.18. The summed E-state index contributed by atoms with van der Waals surface area (Å²) in [6, 6.07) is 0. The second-order valence-electron chi connectivity index (χ2n) is 5.87. The number of carbonyl (C=O) groups is 2. The molecule has 1 heterocycles. The third kappa shape index (κ3) is 2.37. The van der Waals surface area contributed by atoms with Crippen molar-refractivity contribution in [1.29, 1.82) is 0 Å². The predicted octanol–water partition coefficient (Wildman–Crippen LogP) is 2.16. The number of esters is 2. The van der Waals surface area contributed by atoms with E-state index in [4.69, 9.17) is 9.47 Å². The van der Waals surface area contributed by atoms with Gasteiger partial charge >= 0.3 is 11.9 Å².